The van der Waals surface area contributed by atoms with Gasteiger partial charge in [0.25, 0.3) is 5.91 Å². The van der Waals surface area contributed by atoms with Crippen molar-refractivity contribution in [2.45, 2.75) is 52.2 Å². The molecule has 1 fully saturated rings. The molecule has 12 nitrogen and oxygen atoms in total. The maximum absolute atomic E-state index is 13.5. The highest BCUT2D eigenvalue weighted by Gasteiger charge is 2.30. The van der Waals surface area contributed by atoms with Crippen LogP contribution in [0.4, 0.5) is 10.5 Å². The van der Waals surface area contributed by atoms with E-state index in [-0.39, 0.29) is 31.6 Å². The summed E-state index contributed by atoms with van der Waals surface area (Å²) in [6, 6.07) is 8.19. The Labute approximate surface area is 245 Å². The van der Waals surface area contributed by atoms with Crippen molar-refractivity contribution in [3.63, 3.8) is 0 Å². The van der Waals surface area contributed by atoms with Gasteiger partial charge in [-0.2, -0.15) is 4.73 Å². The third kappa shape index (κ3) is 7.89. The topological polar surface area (TPSA) is 135 Å². The summed E-state index contributed by atoms with van der Waals surface area (Å²) in [6.45, 7) is 9.80. The largest absolute Gasteiger partial charge is 0.619 e. The van der Waals surface area contributed by atoms with Crippen molar-refractivity contribution in [1.29, 1.82) is 0 Å². The lowest BCUT2D eigenvalue weighted by Gasteiger charge is -2.37. The first-order valence-corrected chi connectivity index (χ1v) is 14.2. The van der Waals surface area contributed by atoms with E-state index in [1.54, 1.807) is 17.9 Å². The second kappa shape index (κ2) is 13.1. The number of carbonyl (C=O) groups excluding carboxylic acids is 4. The van der Waals surface area contributed by atoms with Gasteiger partial charge in [-0.1, -0.05) is 6.07 Å². The van der Waals surface area contributed by atoms with Gasteiger partial charge in [0.2, 0.25) is 5.91 Å². The fraction of sp³-hybridized carbons (Fsp3) is 0.500. The Bertz CT molecular complexity index is 1320. The summed E-state index contributed by atoms with van der Waals surface area (Å²) in [6.07, 6.45) is 2.72. The van der Waals surface area contributed by atoms with Gasteiger partial charge in [0.1, 0.15) is 5.60 Å². The Balaban J connectivity index is 1.39. The van der Waals surface area contributed by atoms with E-state index in [1.165, 1.54) is 23.4 Å². The molecule has 2 aliphatic rings. The van der Waals surface area contributed by atoms with E-state index in [0.29, 0.717) is 55.0 Å². The van der Waals surface area contributed by atoms with Gasteiger partial charge >= 0.3 is 12.1 Å². The number of ether oxygens (including phenoxy) is 2. The molecule has 3 heterocycles. The summed E-state index contributed by atoms with van der Waals surface area (Å²) in [7, 11) is 0. The van der Waals surface area contributed by atoms with Gasteiger partial charge in [-0.25, -0.2) is 4.79 Å². The van der Waals surface area contributed by atoms with Crippen LogP contribution in [0.3, 0.4) is 0 Å². The Morgan fingerprint density at radius 1 is 1.10 bits per heavy atom. The molecule has 0 spiro atoms. The van der Waals surface area contributed by atoms with E-state index in [4.69, 9.17) is 9.47 Å². The quantitative estimate of drug-likeness (QED) is 0.285. The highest BCUT2D eigenvalue weighted by Crippen LogP contribution is 2.26. The van der Waals surface area contributed by atoms with E-state index in [1.807, 2.05) is 39.0 Å². The van der Waals surface area contributed by atoms with E-state index in [9.17, 15) is 24.4 Å². The number of piperazine rings is 1. The number of esters is 1. The van der Waals surface area contributed by atoms with Gasteiger partial charge in [0.15, 0.2) is 12.4 Å². The number of benzene rings is 1. The lowest BCUT2D eigenvalue weighted by Crippen LogP contribution is -2.50. The summed E-state index contributed by atoms with van der Waals surface area (Å²) in [5.74, 6) is -1.21. The third-order valence-electron chi connectivity index (χ3n) is 7.10. The highest BCUT2D eigenvalue weighted by atomic mass is 16.6. The van der Waals surface area contributed by atoms with Crippen molar-refractivity contribution in [3.05, 3.63) is 64.6 Å². The lowest BCUT2D eigenvalue weighted by molar-refractivity contribution is -0.606. The molecule has 0 unspecified atom stereocenters. The van der Waals surface area contributed by atoms with E-state index in [0.717, 1.165) is 11.3 Å². The van der Waals surface area contributed by atoms with Crippen LogP contribution in [0.5, 0.6) is 0 Å². The van der Waals surface area contributed by atoms with E-state index >= 15 is 0 Å². The summed E-state index contributed by atoms with van der Waals surface area (Å²) in [5.41, 5.74) is 2.23. The molecule has 1 aromatic carbocycles. The van der Waals surface area contributed by atoms with Crippen LogP contribution in [0.15, 0.2) is 42.7 Å². The highest BCUT2D eigenvalue weighted by molar-refractivity contribution is 5.99. The molecule has 42 heavy (non-hydrogen) atoms. The molecule has 0 bridgehead atoms. The van der Waals surface area contributed by atoms with Crippen LogP contribution < -0.4 is 14.9 Å². The van der Waals surface area contributed by atoms with Gasteiger partial charge < -0.3 is 34.7 Å². The van der Waals surface area contributed by atoms with Crippen molar-refractivity contribution in [2.24, 2.45) is 0 Å². The van der Waals surface area contributed by atoms with E-state index in [2.05, 4.69) is 10.2 Å². The maximum atomic E-state index is 13.5. The minimum atomic E-state index is -0.781. The van der Waals surface area contributed by atoms with Crippen LogP contribution in [-0.4, -0.2) is 85.2 Å². The summed E-state index contributed by atoms with van der Waals surface area (Å²) in [5, 5.41) is 14.6. The zero-order valence-electron chi connectivity index (χ0n) is 24.6. The van der Waals surface area contributed by atoms with Gasteiger partial charge in [0, 0.05) is 55.6 Å². The van der Waals surface area contributed by atoms with Crippen molar-refractivity contribution in [3.8, 4) is 0 Å². The Kier molecular flexibility index (Phi) is 9.54. The number of hydrogen-bond donors (Lipinski definition) is 1. The fourth-order valence-electron chi connectivity index (χ4n) is 5.06. The molecular formula is C30H39N5O7. The number of anilines is 1. The molecular weight excluding hydrogens is 542 g/mol. The number of aromatic nitrogens is 1. The Hall–Kier alpha value is -4.35. The predicted molar refractivity (Wildman–Crippen MR) is 154 cm³/mol. The normalized spacial score (nSPS) is 16.0. The molecule has 1 N–H and O–H groups in total. The van der Waals surface area contributed by atoms with Crippen LogP contribution in [0.2, 0.25) is 0 Å². The third-order valence-corrected chi connectivity index (χ3v) is 7.10. The van der Waals surface area contributed by atoms with Gasteiger partial charge in [-0.05, 0) is 57.9 Å². The Morgan fingerprint density at radius 3 is 2.50 bits per heavy atom. The number of hydrogen-bond acceptors (Lipinski definition) is 8. The molecule has 226 valence electrons. The summed E-state index contributed by atoms with van der Waals surface area (Å²) in [4.78, 5) is 56.5. The lowest BCUT2D eigenvalue weighted by atomic mass is 9.97. The van der Waals surface area contributed by atoms with Gasteiger partial charge in [0.05, 0.1) is 25.6 Å². The average Bonchev–Trinajstić information content (AvgIpc) is 2.93. The van der Waals surface area contributed by atoms with Crippen molar-refractivity contribution in [1.82, 2.24) is 15.1 Å². The smallest absolute Gasteiger partial charge is 0.410 e. The number of nitrogens with zero attached hydrogens (tertiary/aromatic N) is 4. The molecule has 1 atom stereocenters. The molecule has 1 aromatic heterocycles. The van der Waals surface area contributed by atoms with Gasteiger partial charge in [-0.15, -0.1) is 0 Å². The molecule has 0 aliphatic carbocycles. The van der Waals surface area contributed by atoms with Crippen molar-refractivity contribution in [2.75, 3.05) is 50.8 Å². The molecule has 0 radical (unpaired) electrons. The van der Waals surface area contributed by atoms with Crippen molar-refractivity contribution >= 4 is 29.6 Å². The molecule has 4 rings (SSSR count). The first kappa shape index (κ1) is 30.6. The number of pyridine rings is 1. The Morgan fingerprint density at radius 2 is 1.83 bits per heavy atom. The molecule has 2 aliphatic heterocycles. The zero-order valence-corrected chi connectivity index (χ0v) is 24.6. The second-order valence-electron chi connectivity index (χ2n) is 11.4. The van der Waals surface area contributed by atoms with Crippen LogP contribution >= 0.6 is 0 Å². The number of nitrogens with one attached hydrogen (secondary N) is 1. The summed E-state index contributed by atoms with van der Waals surface area (Å²) < 4.78 is 11.1. The predicted octanol–water partition coefficient (Wildman–Crippen LogP) is 2.19. The monoisotopic (exact) mass is 581 g/mol. The van der Waals surface area contributed by atoms with E-state index < -0.39 is 23.5 Å². The molecule has 2 aromatic rings. The maximum Gasteiger partial charge on any atom is 0.410 e. The number of rotatable bonds is 8. The molecule has 1 saturated heterocycles. The second-order valence-corrected chi connectivity index (χ2v) is 11.4. The number of fused-ring (bicyclic) bond motifs is 1. The first-order chi connectivity index (χ1) is 19.9. The van der Waals surface area contributed by atoms with Crippen LogP contribution in [-0.2, 0) is 25.5 Å². The fourth-order valence-corrected chi connectivity index (χ4v) is 5.06. The minimum absolute atomic E-state index is 0.148. The van der Waals surface area contributed by atoms with Crippen LogP contribution in [0.1, 0.15) is 61.6 Å². The molecule has 3 amide bonds. The SMILES string of the molecule is CCOC(=O)C[C@H](NC(=O)CN1CCc2ccc(N3CCN(C(=O)OC(C)(C)C)CC3)cc2C1=O)c1ccc[n+]([O-])c1. The van der Waals surface area contributed by atoms with Crippen LogP contribution in [0, 0.1) is 5.21 Å². The zero-order chi connectivity index (χ0) is 30.4. The molecule has 12 heteroatoms. The number of carbonyl (C=O) groups is 4. The standard InChI is InChI=1S/C30H39N5O7/c1-5-41-27(37)18-25(22-7-6-11-35(40)19-22)31-26(36)20-34-12-10-21-8-9-23(17-24(21)28(34)38)32-13-15-33(16-14-32)29(39)42-30(2,3)4/h6-9,11,17,19,25H,5,10,12-16,18,20H2,1-4H3,(H,31,36)/t25-/m0/s1. The molecule has 0 saturated carbocycles. The number of amides is 3. The van der Waals surface area contributed by atoms with Gasteiger partial charge in [-0.3, -0.25) is 14.4 Å². The summed E-state index contributed by atoms with van der Waals surface area (Å²) >= 11 is 0. The first-order valence-electron chi connectivity index (χ1n) is 14.2. The minimum Gasteiger partial charge on any atom is -0.619 e. The average molecular weight is 582 g/mol. The van der Waals surface area contributed by atoms with Crippen LogP contribution in [0.25, 0.3) is 0 Å². The van der Waals surface area contributed by atoms with Crippen molar-refractivity contribution < 1.29 is 33.4 Å².